The molecule has 4 aromatic rings. The molecule has 0 heteroatoms. The number of hydrogen-bond donors (Lipinski definition) is 0. The standard InChI is InChI=1S/C51H44/c1-50(2)41-18-8-7-13-32(41)33-22-20-30(26-42(33)50)45-35-14-5-6-15-36(35)46(48-39-17-10-12-28-11-9-16-38(44(28)39)47(45)48)31-21-23-34-37-24-19-29-25-40(29)49(37)51(3,4)43(34)27-31/h6-13,15-19,21,23-24,26-27,29,40,47-48H,5,14,20,22,25H2,1-4H3. The highest BCUT2D eigenvalue weighted by atomic mass is 14.5. The Hall–Kier alpha value is -4.68. The lowest BCUT2D eigenvalue weighted by atomic mass is 9.63. The van der Waals surface area contributed by atoms with Crippen LogP contribution in [-0.4, -0.2) is 0 Å². The summed E-state index contributed by atoms with van der Waals surface area (Å²) in [5, 5.41) is 2.89. The van der Waals surface area contributed by atoms with E-state index in [4.69, 9.17) is 0 Å². The first-order chi connectivity index (χ1) is 24.8. The molecule has 8 aliphatic carbocycles. The third kappa shape index (κ3) is 3.57. The van der Waals surface area contributed by atoms with E-state index in [1.807, 2.05) is 0 Å². The van der Waals surface area contributed by atoms with Crippen molar-refractivity contribution in [2.45, 2.75) is 82.5 Å². The lowest BCUT2D eigenvalue weighted by Gasteiger charge is -2.39. The lowest BCUT2D eigenvalue weighted by molar-refractivity contribution is 0.591. The first-order valence-corrected chi connectivity index (χ1v) is 19.6. The van der Waals surface area contributed by atoms with Crippen molar-refractivity contribution in [2.75, 3.05) is 0 Å². The maximum Gasteiger partial charge on any atom is 0.0217 e. The van der Waals surface area contributed by atoms with Gasteiger partial charge in [0.15, 0.2) is 0 Å². The van der Waals surface area contributed by atoms with Crippen LogP contribution >= 0.6 is 0 Å². The molecule has 0 saturated heterocycles. The SMILES string of the molecule is CC1(C)C2=C(CCC(C3=C4CCC=CC4=C(c4ccc5c(c4)C(C)(C)C4=C5C=CC5CC45)C4c5cccc6cccc(c56)C34)=C2)c2ccccc21. The maximum absolute atomic E-state index is 2.68. The Bertz CT molecular complexity index is 2550. The summed E-state index contributed by atoms with van der Waals surface area (Å²) in [7, 11) is 0. The average molecular weight is 657 g/mol. The lowest BCUT2D eigenvalue weighted by Crippen LogP contribution is -2.23. The molecule has 0 radical (unpaired) electrons. The van der Waals surface area contributed by atoms with Crippen LogP contribution < -0.4 is 0 Å². The Labute approximate surface area is 302 Å². The molecule has 8 aliphatic rings. The van der Waals surface area contributed by atoms with Gasteiger partial charge in [-0.1, -0.05) is 131 Å². The third-order valence-electron chi connectivity index (χ3n) is 14.6. The molecule has 1 fully saturated rings. The van der Waals surface area contributed by atoms with Crippen LogP contribution in [0.1, 0.15) is 111 Å². The summed E-state index contributed by atoms with van der Waals surface area (Å²) in [5.41, 5.74) is 24.9. The first kappa shape index (κ1) is 29.0. The fraction of sp³-hybridized carbons (Fsp3) is 0.294. The van der Waals surface area contributed by atoms with E-state index in [1.54, 1.807) is 44.6 Å². The smallest absolute Gasteiger partial charge is 0.0217 e. The fourth-order valence-corrected chi connectivity index (χ4v) is 12.3. The van der Waals surface area contributed by atoms with Crippen LogP contribution in [0.25, 0.3) is 27.5 Å². The summed E-state index contributed by atoms with van der Waals surface area (Å²) in [6.45, 7) is 9.92. The molecule has 1 saturated carbocycles. The molecule has 4 atom stereocenters. The highest BCUT2D eigenvalue weighted by Gasteiger charge is 2.52. The molecule has 51 heavy (non-hydrogen) atoms. The van der Waals surface area contributed by atoms with Gasteiger partial charge in [-0.15, -0.1) is 0 Å². The van der Waals surface area contributed by atoms with Crippen molar-refractivity contribution in [2.24, 2.45) is 11.8 Å². The van der Waals surface area contributed by atoms with Crippen molar-refractivity contribution in [1.29, 1.82) is 0 Å². The first-order valence-electron chi connectivity index (χ1n) is 19.6. The third-order valence-corrected chi connectivity index (χ3v) is 14.6. The molecule has 0 heterocycles. The Morgan fingerprint density at radius 2 is 1.45 bits per heavy atom. The van der Waals surface area contributed by atoms with E-state index in [9.17, 15) is 0 Å². The summed E-state index contributed by atoms with van der Waals surface area (Å²) < 4.78 is 0. The van der Waals surface area contributed by atoms with Gasteiger partial charge >= 0.3 is 0 Å². The van der Waals surface area contributed by atoms with Crippen molar-refractivity contribution in [3.05, 3.63) is 182 Å². The second-order valence-corrected chi connectivity index (χ2v) is 17.7. The zero-order valence-electron chi connectivity index (χ0n) is 30.2. The topological polar surface area (TPSA) is 0 Å². The van der Waals surface area contributed by atoms with Gasteiger partial charge < -0.3 is 0 Å². The molecule has 0 N–H and O–H groups in total. The van der Waals surface area contributed by atoms with Crippen molar-refractivity contribution in [1.82, 2.24) is 0 Å². The summed E-state index contributed by atoms with van der Waals surface area (Å²) in [5.74, 6) is 2.14. The second kappa shape index (κ2) is 9.60. The zero-order chi connectivity index (χ0) is 34.0. The molecule has 0 bridgehead atoms. The number of hydrogen-bond acceptors (Lipinski definition) is 0. The molecule has 0 amide bonds. The summed E-state index contributed by atoms with van der Waals surface area (Å²) in [6.07, 6.45) is 18.4. The quantitative estimate of drug-likeness (QED) is 0.201. The fourth-order valence-electron chi connectivity index (χ4n) is 12.3. The minimum Gasteiger partial charge on any atom is -0.0836 e. The molecule has 4 aromatic carbocycles. The van der Waals surface area contributed by atoms with Gasteiger partial charge in [0.2, 0.25) is 0 Å². The van der Waals surface area contributed by atoms with E-state index in [2.05, 4.69) is 137 Å². The van der Waals surface area contributed by atoms with E-state index in [0.717, 1.165) is 37.5 Å². The predicted molar refractivity (Wildman–Crippen MR) is 213 cm³/mol. The number of fused-ring (bicyclic) bond motifs is 10. The molecule has 0 spiro atoms. The number of allylic oxidation sites excluding steroid dienone is 14. The maximum atomic E-state index is 2.68. The Morgan fingerprint density at radius 1 is 0.647 bits per heavy atom. The van der Waals surface area contributed by atoms with Gasteiger partial charge in [0.05, 0.1) is 0 Å². The highest BCUT2D eigenvalue weighted by Crippen LogP contribution is 2.65. The molecular weight excluding hydrogens is 613 g/mol. The zero-order valence-corrected chi connectivity index (χ0v) is 30.2. The van der Waals surface area contributed by atoms with Crippen molar-refractivity contribution in [3.8, 4) is 0 Å². The molecule has 0 aromatic heterocycles. The van der Waals surface area contributed by atoms with Crippen LogP contribution in [0.4, 0.5) is 0 Å². The van der Waals surface area contributed by atoms with E-state index in [1.165, 1.54) is 61.7 Å². The van der Waals surface area contributed by atoms with E-state index in [-0.39, 0.29) is 10.8 Å². The van der Waals surface area contributed by atoms with Crippen LogP contribution in [0, 0.1) is 11.8 Å². The van der Waals surface area contributed by atoms with Crippen LogP contribution in [0.3, 0.4) is 0 Å². The molecule has 12 rings (SSSR count). The van der Waals surface area contributed by atoms with Crippen LogP contribution in [0.5, 0.6) is 0 Å². The van der Waals surface area contributed by atoms with Gasteiger partial charge in [0.1, 0.15) is 0 Å². The van der Waals surface area contributed by atoms with Crippen LogP contribution in [0.2, 0.25) is 0 Å². The van der Waals surface area contributed by atoms with Crippen molar-refractivity contribution < 1.29 is 0 Å². The van der Waals surface area contributed by atoms with Gasteiger partial charge in [0, 0.05) is 22.7 Å². The summed E-state index contributed by atoms with van der Waals surface area (Å²) in [6, 6.07) is 31.1. The highest BCUT2D eigenvalue weighted by molar-refractivity contribution is 6.00. The van der Waals surface area contributed by atoms with Crippen molar-refractivity contribution in [3.63, 3.8) is 0 Å². The van der Waals surface area contributed by atoms with Gasteiger partial charge in [-0.3, -0.25) is 0 Å². The van der Waals surface area contributed by atoms with Gasteiger partial charge in [0.25, 0.3) is 0 Å². The minimum atomic E-state index is 0.0198. The second-order valence-electron chi connectivity index (χ2n) is 17.7. The van der Waals surface area contributed by atoms with Crippen molar-refractivity contribution >= 4 is 27.5 Å². The normalized spacial score (nSPS) is 28.0. The number of benzene rings is 4. The Morgan fingerprint density at radius 3 is 2.29 bits per heavy atom. The van der Waals surface area contributed by atoms with E-state index >= 15 is 0 Å². The Balaban J connectivity index is 1.11. The van der Waals surface area contributed by atoms with E-state index < -0.39 is 0 Å². The molecule has 248 valence electrons. The van der Waals surface area contributed by atoms with Crippen LogP contribution in [-0.2, 0) is 10.8 Å². The molecule has 0 aliphatic heterocycles. The predicted octanol–water partition coefficient (Wildman–Crippen LogP) is 12.9. The molecule has 0 nitrogen and oxygen atoms in total. The van der Waals surface area contributed by atoms with E-state index in [0.29, 0.717) is 11.8 Å². The molecule has 4 unspecified atom stereocenters. The average Bonchev–Trinajstić information content (AvgIpc) is 3.76. The van der Waals surface area contributed by atoms with Gasteiger partial charge in [-0.2, -0.15) is 0 Å². The summed E-state index contributed by atoms with van der Waals surface area (Å²) >= 11 is 0. The monoisotopic (exact) mass is 656 g/mol. The van der Waals surface area contributed by atoms with Gasteiger partial charge in [-0.05, 0) is 150 Å². The number of rotatable bonds is 2. The molecular formula is C51H44. The minimum absolute atomic E-state index is 0.0198. The largest absolute Gasteiger partial charge is 0.0836 e. The summed E-state index contributed by atoms with van der Waals surface area (Å²) in [4.78, 5) is 0. The van der Waals surface area contributed by atoms with Crippen LogP contribution in [0.15, 0.2) is 143 Å². The van der Waals surface area contributed by atoms with Gasteiger partial charge in [-0.25, -0.2) is 0 Å². The Kier molecular flexibility index (Phi) is 5.45.